The summed E-state index contributed by atoms with van der Waals surface area (Å²) in [4.78, 5) is 14.8. The summed E-state index contributed by atoms with van der Waals surface area (Å²) in [5.74, 6) is 0.969. The van der Waals surface area contributed by atoms with E-state index < -0.39 is 10.0 Å². The topological polar surface area (TPSA) is 101 Å². The summed E-state index contributed by atoms with van der Waals surface area (Å²) in [6.07, 6.45) is 4.09. The number of thioether (sulfide) groups is 1. The van der Waals surface area contributed by atoms with Gasteiger partial charge in [0.05, 0.1) is 17.6 Å². The molecule has 29 heavy (non-hydrogen) atoms. The molecule has 158 valence electrons. The molecular weight excluding hydrogens is 432 g/mol. The molecule has 11 heteroatoms. The van der Waals surface area contributed by atoms with E-state index in [0.29, 0.717) is 23.2 Å². The van der Waals surface area contributed by atoms with Gasteiger partial charge in [-0.1, -0.05) is 42.9 Å². The molecule has 0 spiro atoms. The quantitative estimate of drug-likeness (QED) is 0.637. The molecule has 1 fully saturated rings. The predicted octanol–water partition coefficient (Wildman–Crippen LogP) is 3.48. The van der Waals surface area contributed by atoms with Crippen molar-refractivity contribution < 1.29 is 17.9 Å². The van der Waals surface area contributed by atoms with Crippen LogP contribution in [0.25, 0.3) is 0 Å². The molecule has 1 aromatic carbocycles. The molecule has 0 saturated carbocycles. The fourth-order valence-corrected chi connectivity index (χ4v) is 5.98. The van der Waals surface area contributed by atoms with Crippen molar-refractivity contribution in [1.82, 2.24) is 15.1 Å². The van der Waals surface area contributed by atoms with Crippen LogP contribution >= 0.6 is 23.1 Å². The molecule has 0 radical (unpaired) electrons. The van der Waals surface area contributed by atoms with Gasteiger partial charge in [0, 0.05) is 13.1 Å². The van der Waals surface area contributed by atoms with Crippen LogP contribution in [0.2, 0.25) is 0 Å². The largest absolute Gasteiger partial charge is 0.496 e. The molecule has 2 heterocycles. The minimum atomic E-state index is -3.91. The summed E-state index contributed by atoms with van der Waals surface area (Å²) in [7, 11) is -2.44. The Kier molecular flexibility index (Phi) is 7.36. The standard InChI is InChI=1S/C18H24N4O4S3/c1-3-27-18-20-19-17(28-18)21-29(24,25)13-8-9-15(26-2)14(12-13)16(23)22-10-6-4-5-7-11-22/h8-9,12H,3-7,10-11H2,1-2H3,(H,19,21). The highest BCUT2D eigenvalue weighted by Gasteiger charge is 2.25. The zero-order valence-corrected chi connectivity index (χ0v) is 18.8. The molecule has 1 aromatic heterocycles. The molecule has 0 atom stereocenters. The third kappa shape index (κ3) is 5.40. The van der Waals surface area contributed by atoms with E-state index in [1.807, 2.05) is 6.92 Å². The summed E-state index contributed by atoms with van der Waals surface area (Å²) < 4.78 is 34.1. The average Bonchev–Trinajstić information content (AvgIpc) is 2.97. The van der Waals surface area contributed by atoms with Gasteiger partial charge < -0.3 is 9.64 Å². The second-order valence-electron chi connectivity index (χ2n) is 6.48. The number of hydrogen-bond donors (Lipinski definition) is 1. The van der Waals surface area contributed by atoms with E-state index in [1.165, 1.54) is 48.4 Å². The first-order valence-electron chi connectivity index (χ1n) is 9.41. The van der Waals surface area contributed by atoms with Crippen LogP contribution in [0.1, 0.15) is 43.0 Å². The monoisotopic (exact) mass is 456 g/mol. The molecule has 8 nitrogen and oxygen atoms in total. The van der Waals surface area contributed by atoms with Crippen molar-refractivity contribution in [1.29, 1.82) is 0 Å². The molecule has 0 aliphatic carbocycles. The van der Waals surface area contributed by atoms with E-state index in [4.69, 9.17) is 4.74 Å². The first kappa shape index (κ1) is 21.8. The number of amides is 1. The summed E-state index contributed by atoms with van der Waals surface area (Å²) in [5.41, 5.74) is 0.247. The molecule has 0 unspecified atom stereocenters. The lowest BCUT2D eigenvalue weighted by molar-refractivity contribution is 0.0758. The molecule has 1 saturated heterocycles. The molecule has 1 N–H and O–H groups in total. The maximum absolute atomic E-state index is 13.1. The minimum Gasteiger partial charge on any atom is -0.496 e. The fourth-order valence-electron chi connectivity index (χ4n) is 3.07. The van der Waals surface area contributed by atoms with E-state index in [-0.39, 0.29) is 21.5 Å². The van der Waals surface area contributed by atoms with Gasteiger partial charge in [-0.3, -0.25) is 9.52 Å². The second-order valence-corrected chi connectivity index (χ2v) is 10.7. The van der Waals surface area contributed by atoms with Crippen molar-refractivity contribution in [3.8, 4) is 5.75 Å². The maximum atomic E-state index is 13.1. The second kappa shape index (κ2) is 9.77. The van der Waals surface area contributed by atoms with Gasteiger partial charge in [0.1, 0.15) is 5.75 Å². The van der Waals surface area contributed by atoms with Crippen molar-refractivity contribution in [2.24, 2.45) is 0 Å². The van der Waals surface area contributed by atoms with Crippen LogP contribution in [0, 0.1) is 0 Å². The van der Waals surface area contributed by atoms with E-state index in [9.17, 15) is 13.2 Å². The van der Waals surface area contributed by atoms with Crippen LogP contribution in [0.15, 0.2) is 27.4 Å². The zero-order chi connectivity index (χ0) is 20.9. The number of benzene rings is 1. The molecular formula is C18H24N4O4S3. The number of carbonyl (C=O) groups excluding carboxylic acids is 1. The number of carbonyl (C=O) groups is 1. The highest BCUT2D eigenvalue weighted by Crippen LogP contribution is 2.29. The molecule has 1 aliphatic rings. The maximum Gasteiger partial charge on any atom is 0.263 e. The number of anilines is 1. The SMILES string of the molecule is CCSc1nnc(NS(=O)(=O)c2ccc(OC)c(C(=O)N3CCCCCC3)c2)s1. The van der Waals surface area contributed by atoms with Crippen LogP contribution in [-0.4, -0.2) is 55.4 Å². The molecule has 2 aromatic rings. The average molecular weight is 457 g/mol. The first-order valence-corrected chi connectivity index (χ1v) is 12.7. The van der Waals surface area contributed by atoms with Gasteiger partial charge in [-0.15, -0.1) is 10.2 Å². The highest BCUT2D eigenvalue weighted by molar-refractivity contribution is 8.01. The van der Waals surface area contributed by atoms with Gasteiger partial charge in [0.15, 0.2) is 4.34 Å². The molecule has 1 aliphatic heterocycles. The lowest BCUT2D eigenvalue weighted by Crippen LogP contribution is -2.32. The first-order chi connectivity index (χ1) is 13.9. The van der Waals surface area contributed by atoms with Gasteiger partial charge in [0.25, 0.3) is 15.9 Å². The van der Waals surface area contributed by atoms with E-state index in [0.717, 1.165) is 31.4 Å². The van der Waals surface area contributed by atoms with Crippen molar-refractivity contribution in [2.75, 3.05) is 30.7 Å². The summed E-state index contributed by atoms with van der Waals surface area (Å²) in [6.45, 7) is 3.32. The van der Waals surface area contributed by atoms with Crippen molar-refractivity contribution in [3.05, 3.63) is 23.8 Å². The Labute approximate surface area is 179 Å². The third-order valence-corrected chi connectivity index (χ3v) is 7.82. The van der Waals surface area contributed by atoms with Crippen LogP contribution in [0.3, 0.4) is 0 Å². The van der Waals surface area contributed by atoms with Crippen LogP contribution < -0.4 is 9.46 Å². The molecule has 3 rings (SSSR count). The number of nitrogens with zero attached hydrogens (tertiary/aromatic N) is 3. The number of hydrogen-bond acceptors (Lipinski definition) is 8. The van der Waals surface area contributed by atoms with Crippen LogP contribution in [0.5, 0.6) is 5.75 Å². The Morgan fingerprint density at radius 1 is 1.24 bits per heavy atom. The van der Waals surface area contributed by atoms with Crippen LogP contribution in [0.4, 0.5) is 5.13 Å². The number of aromatic nitrogens is 2. The predicted molar refractivity (Wildman–Crippen MR) is 114 cm³/mol. The third-order valence-electron chi connectivity index (χ3n) is 4.50. The number of likely N-dealkylation sites (tertiary alicyclic amines) is 1. The number of methoxy groups -OCH3 is 1. The Hall–Kier alpha value is -1.85. The van der Waals surface area contributed by atoms with Crippen molar-refractivity contribution in [2.45, 2.75) is 41.8 Å². The van der Waals surface area contributed by atoms with Crippen molar-refractivity contribution in [3.63, 3.8) is 0 Å². The lowest BCUT2D eigenvalue weighted by atomic mass is 10.1. The molecule has 0 bridgehead atoms. The molecule has 1 amide bonds. The Balaban J connectivity index is 1.87. The minimum absolute atomic E-state index is 0.0173. The van der Waals surface area contributed by atoms with Gasteiger partial charge in [-0.05, 0) is 36.8 Å². The Bertz CT molecular complexity index is 954. The van der Waals surface area contributed by atoms with E-state index in [1.54, 1.807) is 4.90 Å². The summed E-state index contributed by atoms with van der Waals surface area (Å²) in [6, 6.07) is 4.30. The Morgan fingerprint density at radius 2 is 1.97 bits per heavy atom. The number of rotatable bonds is 7. The Morgan fingerprint density at radius 3 is 2.62 bits per heavy atom. The summed E-state index contributed by atoms with van der Waals surface area (Å²) >= 11 is 2.66. The number of sulfonamides is 1. The highest BCUT2D eigenvalue weighted by atomic mass is 32.2. The fraction of sp³-hybridized carbons (Fsp3) is 0.500. The van der Waals surface area contributed by atoms with Crippen LogP contribution in [-0.2, 0) is 10.0 Å². The number of ether oxygens (including phenoxy) is 1. The smallest absolute Gasteiger partial charge is 0.263 e. The van der Waals surface area contributed by atoms with Gasteiger partial charge in [-0.2, -0.15) is 0 Å². The van der Waals surface area contributed by atoms with Gasteiger partial charge in [-0.25, -0.2) is 8.42 Å². The summed E-state index contributed by atoms with van der Waals surface area (Å²) in [5, 5.41) is 8.02. The van der Waals surface area contributed by atoms with E-state index in [2.05, 4.69) is 14.9 Å². The number of nitrogens with one attached hydrogen (secondary N) is 1. The van der Waals surface area contributed by atoms with E-state index >= 15 is 0 Å². The lowest BCUT2D eigenvalue weighted by Gasteiger charge is -2.22. The zero-order valence-electron chi connectivity index (χ0n) is 16.4. The van der Waals surface area contributed by atoms with Gasteiger partial charge >= 0.3 is 0 Å². The van der Waals surface area contributed by atoms with Crippen molar-refractivity contribution >= 4 is 44.2 Å². The normalized spacial score (nSPS) is 15.0. The van der Waals surface area contributed by atoms with Gasteiger partial charge in [0.2, 0.25) is 5.13 Å².